The van der Waals surface area contributed by atoms with Gasteiger partial charge in [-0.1, -0.05) is 31.8 Å². The van der Waals surface area contributed by atoms with Crippen molar-refractivity contribution in [1.82, 2.24) is 0 Å². The Morgan fingerprint density at radius 1 is 1.12 bits per heavy atom. The number of hydrogen-bond acceptors (Lipinski definition) is 2. The van der Waals surface area contributed by atoms with Gasteiger partial charge in [-0.2, -0.15) is 0 Å². The van der Waals surface area contributed by atoms with Gasteiger partial charge in [0.2, 0.25) is 0 Å². The van der Waals surface area contributed by atoms with Crippen LogP contribution < -0.4 is 5.73 Å². The predicted molar refractivity (Wildman–Crippen MR) is 70.7 cm³/mol. The van der Waals surface area contributed by atoms with Crippen LogP contribution in [0, 0.1) is 5.41 Å². The van der Waals surface area contributed by atoms with Crippen molar-refractivity contribution in [3.05, 3.63) is 11.6 Å². The van der Waals surface area contributed by atoms with Gasteiger partial charge >= 0.3 is 0 Å². The lowest BCUT2D eigenvalue weighted by atomic mass is 9.77. The van der Waals surface area contributed by atoms with Gasteiger partial charge in [0.1, 0.15) is 0 Å². The molecule has 1 saturated carbocycles. The molecule has 0 saturated heterocycles. The van der Waals surface area contributed by atoms with Gasteiger partial charge < -0.3 is 5.73 Å². The number of carbonyl (C=O) groups excluding carboxylic acids is 1. The summed E-state index contributed by atoms with van der Waals surface area (Å²) in [5.74, 6) is 0.388. The van der Waals surface area contributed by atoms with Crippen LogP contribution in [0.1, 0.15) is 64.2 Å². The van der Waals surface area contributed by atoms with Crippen LogP contribution in [0.4, 0.5) is 0 Å². The Morgan fingerprint density at radius 3 is 2.53 bits per heavy atom. The van der Waals surface area contributed by atoms with Crippen molar-refractivity contribution in [2.24, 2.45) is 11.1 Å². The first-order valence-corrected chi connectivity index (χ1v) is 7.22. The first-order chi connectivity index (χ1) is 8.28. The molecule has 0 atom stereocenters. The van der Waals surface area contributed by atoms with E-state index in [2.05, 4.69) is 6.08 Å². The number of nitrogens with two attached hydrogens (primary N) is 1. The number of hydrogen-bond donors (Lipinski definition) is 1. The van der Waals surface area contributed by atoms with E-state index in [1.807, 2.05) is 0 Å². The van der Waals surface area contributed by atoms with Crippen molar-refractivity contribution >= 4 is 5.78 Å². The Bertz CT molecular complexity index is 300. The van der Waals surface area contributed by atoms with E-state index in [9.17, 15) is 4.79 Å². The summed E-state index contributed by atoms with van der Waals surface area (Å²) >= 11 is 0. The smallest absolute Gasteiger partial charge is 0.165 e. The summed E-state index contributed by atoms with van der Waals surface area (Å²) in [5.41, 5.74) is 6.80. The predicted octanol–water partition coefficient (Wildman–Crippen LogP) is 3.36. The van der Waals surface area contributed by atoms with Crippen molar-refractivity contribution in [3.8, 4) is 0 Å². The highest BCUT2D eigenvalue weighted by Crippen LogP contribution is 2.40. The number of rotatable bonds is 3. The Balaban J connectivity index is 2.11. The van der Waals surface area contributed by atoms with Crippen LogP contribution in [0.15, 0.2) is 11.6 Å². The average molecular weight is 235 g/mol. The Morgan fingerprint density at radius 2 is 1.82 bits per heavy atom. The highest BCUT2D eigenvalue weighted by molar-refractivity contribution is 6.00. The zero-order valence-electron chi connectivity index (χ0n) is 10.8. The minimum atomic E-state index is -0.189. The molecule has 0 aromatic heterocycles. The largest absolute Gasteiger partial charge is 0.329 e. The van der Waals surface area contributed by atoms with Crippen LogP contribution in [-0.2, 0) is 4.79 Å². The molecule has 0 unspecified atom stereocenters. The van der Waals surface area contributed by atoms with E-state index < -0.39 is 0 Å². The second kappa shape index (κ2) is 5.81. The summed E-state index contributed by atoms with van der Waals surface area (Å²) in [7, 11) is 0. The Labute approximate surface area is 105 Å². The number of ketones is 1. The molecule has 96 valence electrons. The van der Waals surface area contributed by atoms with Crippen molar-refractivity contribution in [2.45, 2.75) is 64.2 Å². The number of allylic oxidation sites excluding steroid dienone is 2. The van der Waals surface area contributed by atoms with Gasteiger partial charge in [0.25, 0.3) is 0 Å². The third-order valence-electron chi connectivity index (χ3n) is 4.52. The number of Topliss-reactive ketones (excluding diaryl/α,β-unsaturated/α-hetero) is 1. The van der Waals surface area contributed by atoms with E-state index in [0.717, 1.165) is 31.3 Å². The van der Waals surface area contributed by atoms with Gasteiger partial charge in [0.15, 0.2) is 5.78 Å². The van der Waals surface area contributed by atoms with Crippen molar-refractivity contribution in [2.75, 3.05) is 6.54 Å². The molecule has 0 aromatic carbocycles. The first kappa shape index (κ1) is 12.8. The Hall–Kier alpha value is -0.630. The molecule has 17 heavy (non-hydrogen) atoms. The normalized spacial score (nSPS) is 24.9. The van der Waals surface area contributed by atoms with E-state index in [1.165, 1.54) is 38.5 Å². The first-order valence-electron chi connectivity index (χ1n) is 7.22. The van der Waals surface area contributed by atoms with Gasteiger partial charge in [-0.3, -0.25) is 4.79 Å². The molecule has 0 amide bonds. The van der Waals surface area contributed by atoms with E-state index >= 15 is 0 Å². The van der Waals surface area contributed by atoms with Gasteiger partial charge in [-0.15, -0.1) is 0 Å². The molecule has 2 rings (SSSR count). The lowest BCUT2D eigenvalue weighted by Gasteiger charge is -2.27. The highest BCUT2D eigenvalue weighted by atomic mass is 16.1. The second-order valence-corrected chi connectivity index (χ2v) is 5.70. The van der Waals surface area contributed by atoms with E-state index in [0.29, 0.717) is 12.3 Å². The van der Waals surface area contributed by atoms with E-state index in [4.69, 9.17) is 5.73 Å². The Kier molecular flexibility index (Phi) is 4.38. The SMILES string of the molecule is NCC1(C(=O)C2=CCCCCCC2)CCCC1. The fraction of sp³-hybridized carbons (Fsp3) is 0.800. The topological polar surface area (TPSA) is 43.1 Å². The van der Waals surface area contributed by atoms with Gasteiger partial charge in [0, 0.05) is 12.0 Å². The molecule has 2 N–H and O–H groups in total. The van der Waals surface area contributed by atoms with E-state index in [1.54, 1.807) is 0 Å². The molecule has 0 radical (unpaired) electrons. The molecule has 2 heteroatoms. The molecule has 0 heterocycles. The summed E-state index contributed by atoms with van der Waals surface area (Å²) in [4.78, 5) is 12.7. The molecule has 0 bridgehead atoms. The summed E-state index contributed by atoms with van der Waals surface area (Å²) < 4.78 is 0. The van der Waals surface area contributed by atoms with Crippen molar-refractivity contribution in [3.63, 3.8) is 0 Å². The monoisotopic (exact) mass is 235 g/mol. The average Bonchev–Trinajstić information content (AvgIpc) is 2.77. The molecule has 1 fully saturated rings. The summed E-state index contributed by atoms with van der Waals surface area (Å²) in [6.45, 7) is 0.545. The van der Waals surface area contributed by atoms with Crippen LogP contribution in [0.5, 0.6) is 0 Å². The fourth-order valence-corrected chi connectivity index (χ4v) is 3.31. The van der Waals surface area contributed by atoms with Crippen molar-refractivity contribution < 1.29 is 4.79 Å². The third-order valence-corrected chi connectivity index (χ3v) is 4.52. The lowest BCUT2D eigenvalue weighted by Crippen LogP contribution is -2.37. The summed E-state index contributed by atoms with van der Waals surface area (Å²) in [6.07, 6.45) is 13.7. The zero-order chi connectivity index (χ0) is 12.1. The van der Waals surface area contributed by atoms with Gasteiger partial charge in [-0.05, 0) is 44.1 Å². The van der Waals surface area contributed by atoms with Crippen LogP contribution in [0.2, 0.25) is 0 Å². The molecule has 2 aliphatic carbocycles. The molecule has 0 spiro atoms. The minimum absolute atomic E-state index is 0.189. The molecule has 0 aromatic rings. The molecule has 2 aliphatic rings. The second-order valence-electron chi connectivity index (χ2n) is 5.70. The molecular formula is C15H25NO. The summed E-state index contributed by atoms with van der Waals surface area (Å²) in [6, 6.07) is 0. The van der Waals surface area contributed by atoms with Crippen LogP contribution in [0.25, 0.3) is 0 Å². The van der Waals surface area contributed by atoms with Crippen LogP contribution >= 0.6 is 0 Å². The molecule has 0 aliphatic heterocycles. The quantitative estimate of drug-likeness (QED) is 0.815. The maximum absolute atomic E-state index is 12.7. The standard InChI is InChI=1S/C15H25NO/c16-12-15(10-6-7-11-15)14(17)13-8-4-2-1-3-5-9-13/h8H,1-7,9-12,16H2. The lowest BCUT2D eigenvalue weighted by molar-refractivity contribution is -0.124. The van der Waals surface area contributed by atoms with E-state index in [-0.39, 0.29) is 5.41 Å². The fourth-order valence-electron chi connectivity index (χ4n) is 3.31. The minimum Gasteiger partial charge on any atom is -0.329 e. The van der Waals surface area contributed by atoms with Crippen LogP contribution in [0.3, 0.4) is 0 Å². The maximum atomic E-state index is 12.7. The molecule has 2 nitrogen and oxygen atoms in total. The van der Waals surface area contributed by atoms with Gasteiger partial charge in [-0.25, -0.2) is 0 Å². The van der Waals surface area contributed by atoms with Gasteiger partial charge in [0.05, 0.1) is 0 Å². The molecular weight excluding hydrogens is 210 g/mol. The zero-order valence-corrected chi connectivity index (χ0v) is 10.8. The van der Waals surface area contributed by atoms with Crippen molar-refractivity contribution in [1.29, 1.82) is 0 Å². The maximum Gasteiger partial charge on any atom is 0.165 e. The highest BCUT2D eigenvalue weighted by Gasteiger charge is 2.40. The third kappa shape index (κ3) is 2.79. The van der Waals surface area contributed by atoms with Crippen LogP contribution in [-0.4, -0.2) is 12.3 Å². The number of carbonyl (C=O) groups is 1. The summed E-state index contributed by atoms with van der Waals surface area (Å²) in [5, 5.41) is 0.